The number of aromatic nitrogens is 2. The normalized spacial score (nSPS) is 15.5. The number of nitrogens with zero attached hydrogens (tertiary/aromatic N) is 2. The van der Waals surface area contributed by atoms with E-state index in [4.69, 9.17) is 5.11 Å². The van der Waals surface area contributed by atoms with Gasteiger partial charge in [0.2, 0.25) is 5.82 Å². The molecule has 5 nitrogen and oxygen atoms in total. The molecule has 0 radical (unpaired) electrons. The number of rotatable bonds is 5. The van der Waals surface area contributed by atoms with E-state index in [1.165, 1.54) is 12.8 Å². The number of carboxylic acid groups (broad SMARTS) is 1. The van der Waals surface area contributed by atoms with Crippen molar-refractivity contribution < 1.29 is 9.90 Å². The van der Waals surface area contributed by atoms with Crippen LogP contribution in [0.4, 0.5) is 0 Å². The van der Waals surface area contributed by atoms with E-state index >= 15 is 0 Å². The summed E-state index contributed by atoms with van der Waals surface area (Å²) in [5.41, 5.74) is 0.807. The number of carboxylic acids is 1. The zero-order valence-corrected chi connectivity index (χ0v) is 8.73. The molecule has 82 valence electrons. The van der Waals surface area contributed by atoms with Crippen molar-refractivity contribution in [3.63, 3.8) is 0 Å². The second-order valence-electron chi connectivity index (χ2n) is 3.80. The molecule has 1 heterocycles. The first-order valence-corrected chi connectivity index (χ1v) is 5.23. The van der Waals surface area contributed by atoms with Crippen LogP contribution in [0, 0.1) is 0 Å². The van der Waals surface area contributed by atoms with Crippen molar-refractivity contribution in [1.29, 1.82) is 0 Å². The lowest BCUT2D eigenvalue weighted by Gasteiger charge is -1.97. The minimum atomic E-state index is -0.963. The molecule has 0 amide bonds. The lowest BCUT2D eigenvalue weighted by molar-refractivity contribution is 0.0678. The highest BCUT2D eigenvalue weighted by Gasteiger charge is 2.21. The Bertz CT molecular complexity index is 369. The number of hydrogen-bond donors (Lipinski definition) is 2. The average Bonchev–Trinajstić information content (AvgIpc) is 2.94. The average molecular weight is 209 g/mol. The Morgan fingerprint density at radius 2 is 2.47 bits per heavy atom. The summed E-state index contributed by atoms with van der Waals surface area (Å²) in [6, 6.07) is 0.616. The van der Waals surface area contributed by atoms with Crippen LogP contribution in [0.1, 0.15) is 36.1 Å². The summed E-state index contributed by atoms with van der Waals surface area (Å²) in [6.07, 6.45) is 4.25. The molecule has 1 fully saturated rings. The number of imidazole rings is 1. The van der Waals surface area contributed by atoms with Gasteiger partial charge in [0.1, 0.15) is 0 Å². The molecule has 1 aliphatic carbocycles. The van der Waals surface area contributed by atoms with Crippen LogP contribution in [-0.2, 0) is 13.1 Å². The maximum absolute atomic E-state index is 10.8. The monoisotopic (exact) mass is 209 g/mol. The third kappa shape index (κ3) is 2.36. The number of nitrogens with one attached hydrogen (secondary N) is 1. The van der Waals surface area contributed by atoms with E-state index in [0.717, 1.165) is 5.69 Å². The zero-order chi connectivity index (χ0) is 10.8. The topological polar surface area (TPSA) is 67.2 Å². The van der Waals surface area contributed by atoms with E-state index in [1.54, 1.807) is 10.8 Å². The smallest absolute Gasteiger partial charge is 0.372 e. The van der Waals surface area contributed by atoms with Crippen LogP contribution in [0.5, 0.6) is 0 Å². The minimum Gasteiger partial charge on any atom is -0.475 e. The molecule has 0 bridgehead atoms. The second-order valence-corrected chi connectivity index (χ2v) is 3.80. The number of hydrogen-bond acceptors (Lipinski definition) is 3. The maximum Gasteiger partial charge on any atom is 0.372 e. The first-order chi connectivity index (χ1) is 7.20. The second kappa shape index (κ2) is 4.02. The van der Waals surface area contributed by atoms with Crippen LogP contribution < -0.4 is 5.32 Å². The quantitative estimate of drug-likeness (QED) is 0.754. The molecule has 0 aliphatic heterocycles. The Hall–Kier alpha value is -1.36. The lowest BCUT2D eigenvalue weighted by Crippen LogP contribution is -2.15. The van der Waals surface area contributed by atoms with Gasteiger partial charge in [-0.2, -0.15) is 0 Å². The molecule has 1 aromatic heterocycles. The summed E-state index contributed by atoms with van der Waals surface area (Å²) in [5, 5.41) is 12.2. The van der Waals surface area contributed by atoms with E-state index in [9.17, 15) is 4.79 Å². The summed E-state index contributed by atoms with van der Waals surface area (Å²) in [7, 11) is 0. The van der Waals surface area contributed by atoms with Crippen LogP contribution in [0.2, 0.25) is 0 Å². The highest BCUT2D eigenvalue weighted by Crippen LogP contribution is 2.19. The Morgan fingerprint density at radius 1 is 1.73 bits per heavy atom. The van der Waals surface area contributed by atoms with E-state index < -0.39 is 5.97 Å². The van der Waals surface area contributed by atoms with E-state index in [1.807, 2.05) is 6.92 Å². The van der Waals surface area contributed by atoms with E-state index in [0.29, 0.717) is 19.1 Å². The third-order valence-corrected chi connectivity index (χ3v) is 2.51. The minimum absolute atomic E-state index is 0.130. The van der Waals surface area contributed by atoms with Crippen LogP contribution in [0.3, 0.4) is 0 Å². The van der Waals surface area contributed by atoms with Gasteiger partial charge in [-0.15, -0.1) is 0 Å². The first-order valence-electron chi connectivity index (χ1n) is 5.23. The number of carbonyl (C=O) groups is 1. The number of aromatic carboxylic acids is 1. The molecule has 0 saturated heterocycles. The van der Waals surface area contributed by atoms with Gasteiger partial charge in [-0.05, 0) is 19.8 Å². The van der Waals surface area contributed by atoms with Gasteiger partial charge in [0.15, 0.2) is 0 Å². The predicted octanol–water partition coefficient (Wildman–Crippen LogP) is 0.853. The Morgan fingerprint density at radius 3 is 2.93 bits per heavy atom. The zero-order valence-electron chi connectivity index (χ0n) is 8.73. The highest BCUT2D eigenvalue weighted by molar-refractivity contribution is 5.83. The molecule has 5 heteroatoms. The number of aryl methyl sites for hydroxylation is 1. The summed E-state index contributed by atoms with van der Waals surface area (Å²) in [6.45, 7) is 3.21. The van der Waals surface area contributed by atoms with Gasteiger partial charge >= 0.3 is 5.97 Å². The SMILES string of the molecule is CCn1cc(CNC2CC2)nc1C(=O)O. The van der Waals surface area contributed by atoms with Crippen molar-refractivity contribution in [2.75, 3.05) is 0 Å². The molecule has 1 saturated carbocycles. The van der Waals surface area contributed by atoms with Crippen molar-refractivity contribution in [1.82, 2.24) is 14.9 Å². The molecule has 0 aromatic carbocycles. The molecule has 15 heavy (non-hydrogen) atoms. The van der Waals surface area contributed by atoms with Crippen LogP contribution in [0.25, 0.3) is 0 Å². The summed E-state index contributed by atoms with van der Waals surface area (Å²) in [5.74, 6) is -0.834. The van der Waals surface area contributed by atoms with Gasteiger partial charge < -0.3 is 15.0 Å². The van der Waals surface area contributed by atoms with Gasteiger partial charge in [0, 0.05) is 25.3 Å². The molecule has 1 aromatic rings. The predicted molar refractivity (Wildman–Crippen MR) is 54.7 cm³/mol. The molecule has 1 aliphatic rings. The molecule has 0 atom stereocenters. The molecular weight excluding hydrogens is 194 g/mol. The third-order valence-electron chi connectivity index (χ3n) is 2.51. The Labute approximate surface area is 88.1 Å². The van der Waals surface area contributed by atoms with Gasteiger partial charge in [-0.1, -0.05) is 0 Å². The summed E-state index contributed by atoms with van der Waals surface area (Å²) in [4.78, 5) is 14.9. The molecule has 0 spiro atoms. The largest absolute Gasteiger partial charge is 0.475 e. The van der Waals surface area contributed by atoms with Crippen molar-refractivity contribution >= 4 is 5.97 Å². The van der Waals surface area contributed by atoms with Crippen LogP contribution in [0.15, 0.2) is 6.20 Å². The van der Waals surface area contributed by atoms with E-state index in [2.05, 4.69) is 10.3 Å². The molecular formula is C10H15N3O2. The lowest BCUT2D eigenvalue weighted by atomic mass is 10.4. The summed E-state index contributed by atoms with van der Waals surface area (Å²) < 4.78 is 1.66. The highest BCUT2D eigenvalue weighted by atomic mass is 16.4. The molecule has 2 N–H and O–H groups in total. The van der Waals surface area contributed by atoms with E-state index in [-0.39, 0.29) is 5.82 Å². The molecule has 0 unspecified atom stereocenters. The van der Waals surface area contributed by atoms with Crippen molar-refractivity contribution in [3.8, 4) is 0 Å². The van der Waals surface area contributed by atoms with Gasteiger partial charge in [-0.25, -0.2) is 9.78 Å². The van der Waals surface area contributed by atoms with Crippen molar-refractivity contribution in [2.24, 2.45) is 0 Å². The Kier molecular flexibility index (Phi) is 2.73. The van der Waals surface area contributed by atoms with Crippen molar-refractivity contribution in [2.45, 2.75) is 38.9 Å². The standard InChI is InChI=1S/C10H15N3O2/c1-2-13-6-8(5-11-7-3-4-7)12-9(13)10(14)15/h6-7,11H,2-5H2,1H3,(H,14,15). The maximum atomic E-state index is 10.8. The fourth-order valence-electron chi connectivity index (χ4n) is 1.50. The van der Waals surface area contributed by atoms with Gasteiger partial charge in [0.25, 0.3) is 0 Å². The Balaban J connectivity index is 2.06. The van der Waals surface area contributed by atoms with Gasteiger partial charge in [0.05, 0.1) is 5.69 Å². The van der Waals surface area contributed by atoms with Crippen LogP contribution >= 0.6 is 0 Å². The first kappa shape index (κ1) is 10.2. The van der Waals surface area contributed by atoms with Gasteiger partial charge in [-0.3, -0.25) is 0 Å². The fourth-order valence-corrected chi connectivity index (χ4v) is 1.50. The van der Waals surface area contributed by atoms with Crippen molar-refractivity contribution in [3.05, 3.63) is 17.7 Å². The summed E-state index contributed by atoms with van der Waals surface area (Å²) >= 11 is 0. The molecule has 2 rings (SSSR count). The fraction of sp³-hybridized carbons (Fsp3) is 0.600. The van der Waals surface area contributed by atoms with Crippen LogP contribution in [-0.4, -0.2) is 26.7 Å².